The van der Waals surface area contributed by atoms with Gasteiger partial charge < -0.3 is 9.84 Å². The van der Waals surface area contributed by atoms with Crippen molar-refractivity contribution in [1.82, 2.24) is 4.90 Å². The Bertz CT molecular complexity index is 220. The second kappa shape index (κ2) is 6.86. The van der Waals surface area contributed by atoms with Crippen molar-refractivity contribution >= 4 is 5.97 Å². The molecule has 0 spiro atoms. The van der Waals surface area contributed by atoms with Gasteiger partial charge in [-0.1, -0.05) is 13.3 Å². The number of hydrogen-bond donors (Lipinski definition) is 1. The highest BCUT2D eigenvalue weighted by molar-refractivity contribution is 5.71. The summed E-state index contributed by atoms with van der Waals surface area (Å²) in [5.74, 6) is -0.183. The van der Waals surface area contributed by atoms with Gasteiger partial charge in [0.2, 0.25) is 0 Å². The average molecular weight is 229 g/mol. The van der Waals surface area contributed by atoms with Crippen molar-refractivity contribution in [3.63, 3.8) is 0 Å². The van der Waals surface area contributed by atoms with Gasteiger partial charge in [-0.25, -0.2) is 0 Å². The number of nitrogens with zero attached hydrogens (tertiary/aromatic N) is 1. The number of rotatable bonds is 5. The molecule has 16 heavy (non-hydrogen) atoms. The van der Waals surface area contributed by atoms with E-state index in [9.17, 15) is 9.90 Å². The molecule has 2 unspecified atom stereocenters. The van der Waals surface area contributed by atoms with E-state index in [2.05, 4.69) is 4.90 Å². The molecular weight excluding hydrogens is 206 g/mol. The molecule has 4 heteroatoms. The first kappa shape index (κ1) is 13.5. The minimum Gasteiger partial charge on any atom is -0.465 e. The van der Waals surface area contributed by atoms with Crippen LogP contribution in [0.1, 0.15) is 39.5 Å². The van der Waals surface area contributed by atoms with Gasteiger partial charge in [0, 0.05) is 6.04 Å². The SMILES string of the molecule is CCOC(=O)CN1CCCCC1C(O)CC. The smallest absolute Gasteiger partial charge is 0.320 e. The van der Waals surface area contributed by atoms with Crippen molar-refractivity contribution in [1.29, 1.82) is 0 Å². The fourth-order valence-electron chi connectivity index (χ4n) is 2.29. The van der Waals surface area contributed by atoms with Gasteiger partial charge in [0.05, 0.1) is 19.3 Å². The summed E-state index contributed by atoms with van der Waals surface area (Å²) < 4.78 is 4.94. The first-order valence-corrected chi connectivity index (χ1v) is 6.26. The minimum absolute atomic E-state index is 0.128. The summed E-state index contributed by atoms with van der Waals surface area (Å²) >= 11 is 0. The van der Waals surface area contributed by atoms with E-state index in [0.29, 0.717) is 13.2 Å². The third kappa shape index (κ3) is 3.76. The fourth-order valence-corrected chi connectivity index (χ4v) is 2.29. The Morgan fingerprint density at radius 2 is 2.25 bits per heavy atom. The molecular formula is C12H23NO3. The number of carbonyl (C=O) groups is 1. The molecule has 0 aliphatic carbocycles. The van der Waals surface area contributed by atoms with Crippen LogP contribution in [0.15, 0.2) is 0 Å². The summed E-state index contributed by atoms with van der Waals surface area (Å²) in [6.45, 7) is 5.41. The average Bonchev–Trinajstić information content (AvgIpc) is 2.29. The van der Waals surface area contributed by atoms with Crippen LogP contribution in [-0.2, 0) is 9.53 Å². The maximum atomic E-state index is 11.4. The Balaban J connectivity index is 2.49. The maximum absolute atomic E-state index is 11.4. The van der Waals surface area contributed by atoms with Crippen molar-refractivity contribution in [3.8, 4) is 0 Å². The highest BCUT2D eigenvalue weighted by atomic mass is 16.5. The van der Waals surface area contributed by atoms with Crippen LogP contribution in [0.5, 0.6) is 0 Å². The van der Waals surface area contributed by atoms with E-state index in [0.717, 1.165) is 32.2 Å². The van der Waals surface area contributed by atoms with Crippen LogP contribution in [0.2, 0.25) is 0 Å². The number of piperidine rings is 1. The molecule has 1 N–H and O–H groups in total. The molecule has 2 atom stereocenters. The van der Waals surface area contributed by atoms with E-state index < -0.39 is 0 Å². The van der Waals surface area contributed by atoms with Crippen LogP contribution in [0.4, 0.5) is 0 Å². The Morgan fingerprint density at radius 3 is 2.88 bits per heavy atom. The number of likely N-dealkylation sites (tertiary alicyclic amines) is 1. The zero-order valence-electron chi connectivity index (χ0n) is 10.3. The second-order valence-electron chi connectivity index (χ2n) is 4.31. The van der Waals surface area contributed by atoms with Crippen molar-refractivity contribution in [2.24, 2.45) is 0 Å². The zero-order valence-corrected chi connectivity index (χ0v) is 10.3. The lowest BCUT2D eigenvalue weighted by molar-refractivity contribution is -0.146. The van der Waals surface area contributed by atoms with E-state index in [4.69, 9.17) is 4.74 Å². The van der Waals surface area contributed by atoms with Crippen molar-refractivity contribution in [2.45, 2.75) is 51.7 Å². The monoisotopic (exact) mass is 229 g/mol. The van der Waals surface area contributed by atoms with Gasteiger partial charge in [-0.2, -0.15) is 0 Å². The van der Waals surface area contributed by atoms with Crippen LogP contribution in [-0.4, -0.2) is 47.8 Å². The molecule has 0 radical (unpaired) electrons. The zero-order chi connectivity index (χ0) is 12.0. The molecule has 0 aromatic rings. The van der Waals surface area contributed by atoms with Gasteiger partial charge in [0.1, 0.15) is 0 Å². The number of ether oxygens (including phenoxy) is 1. The third-order valence-corrected chi connectivity index (χ3v) is 3.16. The van der Waals surface area contributed by atoms with Gasteiger partial charge in [-0.3, -0.25) is 9.69 Å². The molecule has 94 valence electrons. The quantitative estimate of drug-likeness (QED) is 0.719. The van der Waals surface area contributed by atoms with Gasteiger partial charge in [-0.15, -0.1) is 0 Å². The first-order valence-electron chi connectivity index (χ1n) is 6.26. The van der Waals surface area contributed by atoms with Crippen molar-refractivity contribution in [2.75, 3.05) is 19.7 Å². The molecule has 0 bridgehead atoms. The summed E-state index contributed by atoms with van der Waals surface area (Å²) in [6, 6.07) is 0.128. The number of aliphatic hydroxyl groups is 1. The van der Waals surface area contributed by atoms with Crippen LogP contribution in [0, 0.1) is 0 Å². The van der Waals surface area contributed by atoms with E-state index in [1.807, 2.05) is 13.8 Å². The summed E-state index contributed by atoms with van der Waals surface area (Å²) in [5, 5.41) is 9.90. The molecule has 0 saturated carbocycles. The number of carbonyl (C=O) groups excluding carboxylic acids is 1. The highest BCUT2D eigenvalue weighted by Gasteiger charge is 2.29. The van der Waals surface area contributed by atoms with Gasteiger partial charge in [-0.05, 0) is 32.7 Å². The lowest BCUT2D eigenvalue weighted by Gasteiger charge is -2.37. The van der Waals surface area contributed by atoms with Crippen molar-refractivity contribution in [3.05, 3.63) is 0 Å². The molecule has 1 fully saturated rings. The molecule has 0 aromatic carbocycles. The topological polar surface area (TPSA) is 49.8 Å². The molecule has 1 aliphatic heterocycles. The molecule has 1 heterocycles. The Morgan fingerprint density at radius 1 is 1.50 bits per heavy atom. The normalized spacial score (nSPS) is 24.1. The third-order valence-electron chi connectivity index (χ3n) is 3.16. The lowest BCUT2D eigenvalue weighted by Crippen LogP contribution is -2.48. The second-order valence-corrected chi connectivity index (χ2v) is 4.31. The van der Waals surface area contributed by atoms with Gasteiger partial charge in [0.15, 0.2) is 0 Å². The molecule has 0 aromatic heterocycles. The first-order chi connectivity index (χ1) is 7.69. The van der Waals surface area contributed by atoms with E-state index in [-0.39, 0.29) is 18.1 Å². The van der Waals surface area contributed by atoms with E-state index >= 15 is 0 Å². The van der Waals surface area contributed by atoms with Gasteiger partial charge >= 0.3 is 5.97 Å². The Kier molecular flexibility index (Phi) is 5.77. The van der Waals surface area contributed by atoms with Crippen molar-refractivity contribution < 1.29 is 14.6 Å². The Hall–Kier alpha value is -0.610. The summed E-state index contributed by atoms with van der Waals surface area (Å²) in [5.41, 5.74) is 0. The molecule has 1 saturated heterocycles. The van der Waals surface area contributed by atoms with Gasteiger partial charge in [0.25, 0.3) is 0 Å². The highest BCUT2D eigenvalue weighted by Crippen LogP contribution is 2.20. The van der Waals surface area contributed by atoms with Crippen LogP contribution >= 0.6 is 0 Å². The lowest BCUT2D eigenvalue weighted by atomic mass is 9.96. The van der Waals surface area contributed by atoms with Crippen LogP contribution in [0.25, 0.3) is 0 Å². The number of esters is 1. The van der Waals surface area contributed by atoms with Crippen LogP contribution < -0.4 is 0 Å². The summed E-state index contributed by atoms with van der Waals surface area (Å²) in [7, 11) is 0. The fraction of sp³-hybridized carbons (Fsp3) is 0.917. The molecule has 0 amide bonds. The largest absolute Gasteiger partial charge is 0.465 e. The number of aliphatic hydroxyl groups excluding tert-OH is 1. The standard InChI is InChI=1S/C12H23NO3/c1-3-11(14)10-7-5-6-8-13(10)9-12(15)16-4-2/h10-11,14H,3-9H2,1-2H3. The summed E-state index contributed by atoms with van der Waals surface area (Å²) in [4.78, 5) is 13.5. The van der Waals surface area contributed by atoms with E-state index in [1.165, 1.54) is 0 Å². The molecule has 1 aliphatic rings. The molecule has 1 rings (SSSR count). The predicted molar refractivity (Wildman–Crippen MR) is 62.1 cm³/mol. The molecule has 4 nitrogen and oxygen atoms in total. The minimum atomic E-state index is -0.324. The summed E-state index contributed by atoms with van der Waals surface area (Å²) in [6.07, 6.45) is 3.64. The predicted octanol–water partition coefficient (Wildman–Crippen LogP) is 1.17. The van der Waals surface area contributed by atoms with Crippen LogP contribution in [0.3, 0.4) is 0 Å². The maximum Gasteiger partial charge on any atom is 0.320 e. The number of hydrogen-bond acceptors (Lipinski definition) is 4. The van der Waals surface area contributed by atoms with E-state index in [1.54, 1.807) is 0 Å². The Labute approximate surface area is 97.6 Å².